The second kappa shape index (κ2) is 5.50. The molecule has 1 saturated heterocycles. The van der Waals surface area contributed by atoms with Crippen molar-refractivity contribution < 1.29 is 19.4 Å². The molecule has 0 bridgehead atoms. The minimum Gasteiger partial charge on any atom is -0.480 e. The Balaban J connectivity index is 2.26. The van der Waals surface area contributed by atoms with Crippen LogP contribution in [-0.2, 0) is 14.3 Å². The highest BCUT2D eigenvalue weighted by molar-refractivity contribution is 5.87. The summed E-state index contributed by atoms with van der Waals surface area (Å²) in [6.07, 6.45) is 2.62. The normalized spacial score (nSPS) is 17.5. The molecular formula is C10H15NO4. The third-order valence-electron chi connectivity index (χ3n) is 2.37. The van der Waals surface area contributed by atoms with Gasteiger partial charge in [-0.3, -0.25) is 4.79 Å². The fraction of sp³-hybridized carbons (Fsp3) is 0.600. The molecule has 84 valence electrons. The Kier molecular flexibility index (Phi) is 4.30. The molecule has 0 saturated carbocycles. The smallest absolute Gasteiger partial charge is 0.329 e. The third kappa shape index (κ3) is 3.71. The maximum atomic E-state index is 11.2. The largest absolute Gasteiger partial charge is 0.480 e. The lowest BCUT2D eigenvalue weighted by Crippen LogP contribution is -2.40. The Labute approximate surface area is 88.3 Å². The van der Waals surface area contributed by atoms with Gasteiger partial charge in [-0.25, -0.2) is 4.79 Å². The maximum Gasteiger partial charge on any atom is 0.329 e. The SMILES string of the molecule is C=CC(=O)N1CCC(OCC(=O)O)CC1. The highest BCUT2D eigenvalue weighted by Crippen LogP contribution is 2.13. The van der Waals surface area contributed by atoms with E-state index in [0.29, 0.717) is 25.9 Å². The van der Waals surface area contributed by atoms with Crippen LogP contribution in [0.5, 0.6) is 0 Å². The van der Waals surface area contributed by atoms with E-state index in [1.807, 2.05) is 0 Å². The molecule has 0 radical (unpaired) electrons. The Morgan fingerprint density at radius 2 is 2.07 bits per heavy atom. The molecule has 0 unspecified atom stereocenters. The molecule has 5 heteroatoms. The van der Waals surface area contributed by atoms with Gasteiger partial charge in [-0.05, 0) is 18.9 Å². The minimum atomic E-state index is -0.959. The van der Waals surface area contributed by atoms with Crippen LogP contribution in [0.25, 0.3) is 0 Å². The van der Waals surface area contributed by atoms with Gasteiger partial charge in [0, 0.05) is 13.1 Å². The zero-order valence-electron chi connectivity index (χ0n) is 8.52. The van der Waals surface area contributed by atoms with Crippen LogP contribution in [0.2, 0.25) is 0 Å². The monoisotopic (exact) mass is 213 g/mol. The second-order valence-electron chi connectivity index (χ2n) is 3.43. The zero-order valence-corrected chi connectivity index (χ0v) is 8.52. The first kappa shape index (κ1) is 11.7. The molecule has 1 rings (SSSR count). The summed E-state index contributed by atoms with van der Waals surface area (Å²) in [6, 6.07) is 0. The van der Waals surface area contributed by atoms with Crippen LogP contribution in [0.15, 0.2) is 12.7 Å². The highest BCUT2D eigenvalue weighted by Gasteiger charge is 2.22. The summed E-state index contributed by atoms with van der Waals surface area (Å²) < 4.78 is 5.14. The van der Waals surface area contributed by atoms with Gasteiger partial charge in [-0.2, -0.15) is 0 Å². The van der Waals surface area contributed by atoms with E-state index in [0.717, 1.165) is 0 Å². The number of rotatable bonds is 4. The summed E-state index contributed by atoms with van der Waals surface area (Å²) in [5, 5.41) is 8.42. The van der Waals surface area contributed by atoms with Crippen LogP contribution in [-0.4, -0.2) is 47.7 Å². The van der Waals surface area contributed by atoms with E-state index < -0.39 is 5.97 Å². The molecule has 0 aliphatic carbocycles. The van der Waals surface area contributed by atoms with Crippen molar-refractivity contribution in [3.8, 4) is 0 Å². The number of carboxylic acid groups (broad SMARTS) is 1. The summed E-state index contributed by atoms with van der Waals surface area (Å²) in [6.45, 7) is 4.36. The number of aliphatic carboxylic acids is 1. The van der Waals surface area contributed by atoms with Gasteiger partial charge < -0.3 is 14.7 Å². The number of carbonyl (C=O) groups excluding carboxylic acids is 1. The first-order valence-corrected chi connectivity index (χ1v) is 4.88. The maximum absolute atomic E-state index is 11.2. The molecule has 0 spiro atoms. The molecule has 5 nitrogen and oxygen atoms in total. The third-order valence-corrected chi connectivity index (χ3v) is 2.37. The van der Waals surface area contributed by atoms with Crippen molar-refractivity contribution in [1.29, 1.82) is 0 Å². The van der Waals surface area contributed by atoms with Crippen molar-refractivity contribution in [2.75, 3.05) is 19.7 Å². The van der Waals surface area contributed by atoms with E-state index in [1.54, 1.807) is 4.90 Å². The number of carbonyl (C=O) groups is 2. The van der Waals surface area contributed by atoms with Crippen LogP contribution < -0.4 is 0 Å². The van der Waals surface area contributed by atoms with Crippen LogP contribution >= 0.6 is 0 Å². The molecule has 1 aliphatic rings. The standard InChI is InChI=1S/C10H15NO4/c1-2-9(12)11-5-3-8(4-6-11)15-7-10(13)14/h2,8H,1,3-7H2,(H,13,14). The predicted octanol–water partition coefficient (Wildman–Crippen LogP) is 0.265. The lowest BCUT2D eigenvalue weighted by atomic mass is 10.1. The molecule has 0 aromatic carbocycles. The van der Waals surface area contributed by atoms with Crippen molar-refractivity contribution in [3.05, 3.63) is 12.7 Å². The Morgan fingerprint density at radius 1 is 1.47 bits per heavy atom. The van der Waals surface area contributed by atoms with Crippen molar-refractivity contribution in [2.45, 2.75) is 18.9 Å². The van der Waals surface area contributed by atoms with Crippen molar-refractivity contribution in [2.24, 2.45) is 0 Å². The Hall–Kier alpha value is -1.36. The van der Waals surface area contributed by atoms with Crippen LogP contribution in [0.1, 0.15) is 12.8 Å². The predicted molar refractivity (Wildman–Crippen MR) is 53.4 cm³/mol. The van der Waals surface area contributed by atoms with Crippen LogP contribution in [0, 0.1) is 0 Å². The summed E-state index contributed by atoms with van der Waals surface area (Å²) in [4.78, 5) is 23.2. The fourth-order valence-corrected chi connectivity index (χ4v) is 1.56. The van der Waals surface area contributed by atoms with E-state index in [9.17, 15) is 9.59 Å². The number of nitrogens with zero attached hydrogens (tertiary/aromatic N) is 1. The number of ether oxygens (including phenoxy) is 1. The van der Waals surface area contributed by atoms with Gasteiger partial charge in [0.15, 0.2) is 0 Å². The zero-order chi connectivity index (χ0) is 11.3. The Morgan fingerprint density at radius 3 is 2.53 bits per heavy atom. The molecule has 1 N–H and O–H groups in total. The number of piperidine rings is 1. The van der Waals surface area contributed by atoms with Crippen LogP contribution in [0.4, 0.5) is 0 Å². The summed E-state index contributed by atoms with van der Waals surface area (Å²) in [5.41, 5.74) is 0. The molecule has 1 fully saturated rings. The first-order valence-electron chi connectivity index (χ1n) is 4.88. The second-order valence-corrected chi connectivity index (χ2v) is 3.43. The van der Waals surface area contributed by atoms with E-state index in [-0.39, 0.29) is 18.6 Å². The number of hydrogen-bond donors (Lipinski definition) is 1. The molecule has 0 aromatic heterocycles. The van der Waals surface area contributed by atoms with Gasteiger partial charge in [0.05, 0.1) is 6.10 Å². The average Bonchev–Trinajstić information content (AvgIpc) is 2.26. The highest BCUT2D eigenvalue weighted by atomic mass is 16.5. The topological polar surface area (TPSA) is 66.8 Å². The fourth-order valence-electron chi connectivity index (χ4n) is 1.56. The molecule has 1 amide bonds. The van der Waals surface area contributed by atoms with Gasteiger partial charge in [0.25, 0.3) is 0 Å². The molecular weight excluding hydrogens is 198 g/mol. The van der Waals surface area contributed by atoms with Crippen molar-refractivity contribution >= 4 is 11.9 Å². The van der Waals surface area contributed by atoms with Gasteiger partial charge in [-0.15, -0.1) is 0 Å². The summed E-state index contributed by atoms with van der Waals surface area (Å²) in [7, 11) is 0. The number of amides is 1. The molecule has 0 atom stereocenters. The van der Waals surface area contributed by atoms with E-state index in [4.69, 9.17) is 9.84 Å². The minimum absolute atomic E-state index is 0.0463. The van der Waals surface area contributed by atoms with Gasteiger partial charge in [-0.1, -0.05) is 6.58 Å². The van der Waals surface area contributed by atoms with Crippen molar-refractivity contribution in [3.63, 3.8) is 0 Å². The quantitative estimate of drug-likeness (QED) is 0.680. The number of likely N-dealkylation sites (tertiary alicyclic amines) is 1. The number of carboxylic acids is 1. The van der Waals surface area contributed by atoms with Gasteiger partial charge >= 0.3 is 5.97 Å². The van der Waals surface area contributed by atoms with E-state index in [1.165, 1.54) is 6.08 Å². The molecule has 0 aromatic rings. The molecule has 1 heterocycles. The van der Waals surface area contributed by atoms with Gasteiger partial charge in [0.2, 0.25) is 5.91 Å². The Bertz CT molecular complexity index is 256. The van der Waals surface area contributed by atoms with E-state index >= 15 is 0 Å². The summed E-state index contributed by atoms with van der Waals surface area (Å²) in [5.74, 6) is -1.04. The lowest BCUT2D eigenvalue weighted by molar-refractivity contribution is -0.146. The first-order chi connectivity index (χ1) is 7.13. The molecule has 1 aliphatic heterocycles. The lowest BCUT2D eigenvalue weighted by Gasteiger charge is -2.30. The summed E-state index contributed by atoms with van der Waals surface area (Å²) >= 11 is 0. The average molecular weight is 213 g/mol. The molecule has 15 heavy (non-hydrogen) atoms. The van der Waals surface area contributed by atoms with Gasteiger partial charge in [0.1, 0.15) is 6.61 Å². The van der Waals surface area contributed by atoms with Crippen LogP contribution in [0.3, 0.4) is 0 Å². The van der Waals surface area contributed by atoms with E-state index in [2.05, 4.69) is 6.58 Å². The number of hydrogen-bond acceptors (Lipinski definition) is 3. The van der Waals surface area contributed by atoms with Crippen molar-refractivity contribution in [1.82, 2.24) is 4.90 Å².